The summed E-state index contributed by atoms with van der Waals surface area (Å²) >= 11 is 0. The Hall–Kier alpha value is -2.58. The summed E-state index contributed by atoms with van der Waals surface area (Å²) in [5, 5.41) is 40.0. The number of nitrogens with zero attached hydrogens (tertiary/aromatic N) is 2. The molecule has 0 aliphatic rings. The third-order valence-corrected chi connectivity index (χ3v) is 1.87. The molecule has 0 atom stereocenters. The first-order valence-corrected chi connectivity index (χ1v) is 4.40. The van der Waals surface area contributed by atoms with Crippen molar-refractivity contribution in [3.63, 3.8) is 0 Å². The highest BCUT2D eigenvalue weighted by Crippen LogP contribution is 2.48. The molecular formula is C8H8N2O7. The van der Waals surface area contributed by atoms with Gasteiger partial charge in [-0.3, -0.25) is 20.2 Å². The molecule has 1 aromatic rings. The van der Waals surface area contributed by atoms with Crippen LogP contribution < -0.4 is 4.74 Å². The molecular weight excluding hydrogens is 236 g/mol. The Labute approximate surface area is 94.2 Å². The summed E-state index contributed by atoms with van der Waals surface area (Å²) in [6, 6.07) is 0.465. The van der Waals surface area contributed by atoms with Gasteiger partial charge < -0.3 is 14.9 Å². The van der Waals surface area contributed by atoms with Crippen molar-refractivity contribution >= 4 is 11.4 Å². The maximum Gasteiger partial charge on any atom is 0.321 e. The second kappa shape index (κ2) is 4.51. The smallest absolute Gasteiger partial charge is 0.321 e. The van der Waals surface area contributed by atoms with Gasteiger partial charge in [0.15, 0.2) is 0 Å². The summed E-state index contributed by atoms with van der Waals surface area (Å²) in [7, 11) is 0. The molecule has 0 saturated heterocycles. The number of benzene rings is 1. The standard InChI is InChI=1S/C8H8N2O7/c1-2-17-8-6(11)4(9(13)14)3-5(7(8)12)10(15)16/h3,11-12H,2H2,1H3. The van der Waals surface area contributed by atoms with Crippen molar-refractivity contribution in [2.45, 2.75) is 6.92 Å². The van der Waals surface area contributed by atoms with Crippen LogP contribution in [0.4, 0.5) is 11.4 Å². The monoisotopic (exact) mass is 244 g/mol. The second-order valence-electron chi connectivity index (χ2n) is 2.89. The Balaban J connectivity index is 3.57. The van der Waals surface area contributed by atoms with Gasteiger partial charge in [0, 0.05) is 0 Å². The van der Waals surface area contributed by atoms with Crippen molar-refractivity contribution in [1.82, 2.24) is 0 Å². The number of phenols is 2. The minimum absolute atomic E-state index is 0.0283. The van der Waals surface area contributed by atoms with Crippen LogP contribution in [-0.4, -0.2) is 26.7 Å². The quantitative estimate of drug-likeness (QED) is 0.601. The van der Waals surface area contributed by atoms with Gasteiger partial charge in [0.2, 0.25) is 17.2 Å². The molecule has 9 nitrogen and oxygen atoms in total. The lowest BCUT2D eigenvalue weighted by Gasteiger charge is -2.08. The van der Waals surface area contributed by atoms with E-state index in [2.05, 4.69) is 0 Å². The van der Waals surface area contributed by atoms with Crippen LogP contribution >= 0.6 is 0 Å². The van der Waals surface area contributed by atoms with Crippen molar-refractivity contribution in [1.29, 1.82) is 0 Å². The Morgan fingerprint density at radius 3 is 1.88 bits per heavy atom. The topological polar surface area (TPSA) is 136 Å². The number of ether oxygens (including phenoxy) is 1. The van der Waals surface area contributed by atoms with Gasteiger partial charge in [0.25, 0.3) is 0 Å². The van der Waals surface area contributed by atoms with Crippen LogP contribution in [-0.2, 0) is 0 Å². The van der Waals surface area contributed by atoms with Crippen LogP contribution in [0.25, 0.3) is 0 Å². The first-order valence-electron chi connectivity index (χ1n) is 4.40. The molecule has 9 heteroatoms. The van der Waals surface area contributed by atoms with E-state index >= 15 is 0 Å². The highest BCUT2D eigenvalue weighted by atomic mass is 16.6. The molecule has 0 amide bonds. The van der Waals surface area contributed by atoms with E-state index in [1.54, 1.807) is 0 Å². The first kappa shape index (κ1) is 12.5. The third kappa shape index (κ3) is 2.17. The number of rotatable bonds is 4. The molecule has 0 aromatic heterocycles. The van der Waals surface area contributed by atoms with E-state index in [0.29, 0.717) is 6.07 Å². The van der Waals surface area contributed by atoms with Gasteiger partial charge in [0.1, 0.15) is 6.07 Å². The van der Waals surface area contributed by atoms with Crippen molar-refractivity contribution < 1.29 is 24.8 Å². The van der Waals surface area contributed by atoms with Crippen LogP contribution in [0.5, 0.6) is 17.2 Å². The van der Waals surface area contributed by atoms with E-state index in [1.807, 2.05) is 0 Å². The molecule has 1 aromatic carbocycles. The van der Waals surface area contributed by atoms with E-state index in [9.17, 15) is 30.4 Å². The highest BCUT2D eigenvalue weighted by Gasteiger charge is 2.31. The summed E-state index contributed by atoms with van der Waals surface area (Å²) in [5.41, 5.74) is -1.81. The van der Waals surface area contributed by atoms with Crippen molar-refractivity contribution in [2.75, 3.05) is 6.61 Å². The summed E-state index contributed by atoms with van der Waals surface area (Å²) in [5.74, 6) is -2.56. The predicted octanol–water partition coefficient (Wildman–Crippen LogP) is 1.31. The molecule has 0 aliphatic heterocycles. The zero-order valence-electron chi connectivity index (χ0n) is 8.61. The lowest BCUT2D eigenvalue weighted by molar-refractivity contribution is -0.395. The van der Waals surface area contributed by atoms with Crippen molar-refractivity contribution in [3.8, 4) is 17.2 Å². The summed E-state index contributed by atoms with van der Waals surface area (Å²) in [6.07, 6.45) is 0. The molecule has 0 radical (unpaired) electrons. The largest absolute Gasteiger partial charge is 0.499 e. The number of nitro benzene ring substituents is 2. The van der Waals surface area contributed by atoms with E-state index in [4.69, 9.17) is 4.74 Å². The molecule has 0 spiro atoms. The van der Waals surface area contributed by atoms with Crippen molar-refractivity contribution in [3.05, 3.63) is 26.3 Å². The second-order valence-corrected chi connectivity index (χ2v) is 2.89. The van der Waals surface area contributed by atoms with Gasteiger partial charge >= 0.3 is 11.4 Å². The molecule has 0 aliphatic carbocycles. The molecule has 2 N–H and O–H groups in total. The maximum absolute atomic E-state index is 10.6. The fourth-order valence-corrected chi connectivity index (χ4v) is 1.17. The number of aromatic hydroxyl groups is 2. The van der Waals surface area contributed by atoms with E-state index < -0.39 is 38.5 Å². The Morgan fingerprint density at radius 2 is 1.59 bits per heavy atom. The average Bonchev–Trinajstić information content (AvgIpc) is 2.23. The minimum atomic E-state index is -1.01. The molecule has 0 saturated carbocycles. The number of hydrogen-bond acceptors (Lipinski definition) is 7. The predicted molar refractivity (Wildman–Crippen MR) is 54.2 cm³/mol. The maximum atomic E-state index is 10.6. The number of phenolic OH excluding ortho intramolecular Hbond substituents is 2. The van der Waals surface area contributed by atoms with Gasteiger partial charge in [0.05, 0.1) is 16.5 Å². The van der Waals surface area contributed by atoms with Gasteiger partial charge in [-0.05, 0) is 6.92 Å². The van der Waals surface area contributed by atoms with Gasteiger partial charge in [-0.1, -0.05) is 0 Å². The molecule has 0 fully saturated rings. The van der Waals surface area contributed by atoms with Gasteiger partial charge in [-0.2, -0.15) is 0 Å². The third-order valence-electron chi connectivity index (χ3n) is 1.87. The summed E-state index contributed by atoms with van der Waals surface area (Å²) in [4.78, 5) is 19.1. The number of hydrogen-bond donors (Lipinski definition) is 2. The van der Waals surface area contributed by atoms with Crippen LogP contribution in [0.2, 0.25) is 0 Å². The average molecular weight is 244 g/mol. The molecule has 92 valence electrons. The highest BCUT2D eigenvalue weighted by molar-refractivity contribution is 5.69. The van der Waals surface area contributed by atoms with E-state index in [-0.39, 0.29) is 6.61 Å². The Morgan fingerprint density at radius 1 is 1.18 bits per heavy atom. The van der Waals surface area contributed by atoms with Crippen molar-refractivity contribution in [2.24, 2.45) is 0 Å². The Bertz CT molecular complexity index is 447. The van der Waals surface area contributed by atoms with Crippen LogP contribution in [0.15, 0.2) is 6.07 Å². The lowest BCUT2D eigenvalue weighted by Crippen LogP contribution is -1.99. The molecule has 1 rings (SSSR count). The molecule has 0 bridgehead atoms. The lowest BCUT2D eigenvalue weighted by atomic mass is 10.2. The van der Waals surface area contributed by atoms with Gasteiger partial charge in [-0.25, -0.2) is 0 Å². The van der Waals surface area contributed by atoms with Crippen LogP contribution in [0.3, 0.4) is 0 Å². The zero-order valence-corrected chi connectivity index (χ0v) is 8.61. The van der Waals surface area contributed by atoms with E-state index in [1.165, 1.54) is 6.92 Å². The van der Waals surface area contributed by atoms with E-state index in [0.717, 1.165) is 0 Å². The van der Waals surface area contributed by atoms with Gasteiger partial charge in [-0.15, -0.1) is 0 Å². The fraction of sp³-hybridized carbons (Fsp3) is 0.250. The fourth-order valence-electron chi connectivity index (χ4n) is 1.17. The Kier molecular flexibility index (Phi) is 3.31. The normalized spacial score (nSPS) is 9.94. The van der Waals surface area contributed by atoms with Crippen LogP contribution in [0, 0.1) is 20.2 Å². The molecule has 0 heterocycles. The number of nitro groups is 2. The first-order chi connectivity index (χ1) is 7.90. The molecule has 0 unspecified atom stereocenters. The SMILES string of the molecule is CCOc1c(O)c([N+](=O)[O-])cc([N+](=O)[O-])c1O. The zero-order chi connectivity index (χ0) is 13.2. The minimum Gasteiger partial charge on any atom is -0.499 e. The van der Waals surface area contributed by atoms with Crippen LogP contribution in [0.1, 0.15) is 6.92 Å². The summed E-state index contributed by atoms with van der Waals surface area (Å²) < 4.78 is 4.74. The molecule has 17 heavy (non-hydrogen) atoms. The summed E-state index contributed by atoms with van der Waals surface area (Å²) in [6.45, 7) is 1.46.